The number of hydrogen-bond acceptors (Lipinski definition) is 3. The Labute approximate surface area is 131 Å². The Morgan fingerprint density at radius 3 is 3.32 bits per heavy atom. The Morgan fingerprint density at radius 2 is 2.47 bits per heavy atom. The van der Waals surface area contributed by atoms with E-state index in [1.807, 2.05) is 23.7 Å². The van der Waals surface area contributed by atoms with Crippen molar-refractivity contribution in [1.29, 1.82) is 0 Å². The van der Waals surface area contributed by atoms with E-state index < -0.39 is 0 Å². The van der Waals surface area contributed by atoms with E-state index in [4.69, 9.17) is 0 Å². The molecule has 1 aliphatic rings. The van der Waals surface area contributed by atoms with E-state index in [0.29, 0.717) is 6.04 Å². The van der Waals surface area contributed by atoms with Gasteiger partial charge >= 0.3 is 0 Å². The molecule has 19 heavy (non-hydrogen) atoms. The standard InChI is InChI=1S/C14H18IN3S/c15-13-9-10-11(3-1-4-12(10)19-13)16-6-2-5-14-17-7-8-18-14/h7-9,11,16H,1-6H2,(H,17,18). The molecule has 1 aliphatic carbocycles. The summed E-state index contributed by atoms with van der Waals surface area (Å²) in [4.78, 5) is 9.01. The van der Waals surface area contributed by atoms with Gasteiger partial charge in [0.2, 0.25) is 0 Å². The number of halogens is 1. The summed E-state index contributed by atoms with van der Waals surface area (Å²) in [5.74, 6) is 1.09. The van der Waals surface area contributed by atoms with E-state index in [9.17, 15) is 0 Å². The Morgan fingerprint density at radius 1 is 1.53 bits per heavy atom. The average molecular weight is 387 g/mol. The molecule has 1 unspecified atom stereocenters. The lowest BCUT2D eigenvalue weighted by Gasteiger charge is -2.23. The monoisotopic (exact) mass is 387 g/mol. The van der Waals surface area contributed by atoms with Gasteiger partial charge in [0.15, 0.2) is 0 Å². The van der Waals surface area contributed by atoms with Crippen LogP contribution in [-0.2, 0) is 12.8 Å². The SMILES string of the molecule is Ic1cc2c(s1)CCCC2NCCCc1ncc[nH]1. The van der Waals surface area contributed by atoms with Crippen molar-refractivity contribution in [2.75, 3.05) is 6.54 Å². The Hall–Kier alpha value is -0.400. The number of thiophene rings is 1. The Bertz CT molecular complexity index is 521. The summed E-state index contributed by atoms with van der Waals surface area (Å²) in [5.41, 5.74) is 1.55. The van der Waals surface area contributed by atoms with Gasteiger partial charge in [0.1, 0.15) is 5.82 Å². The zero-order valence-corrected chi connectivity index (χ0v) is 13.8. The predicted octanol–water partition coefficient (Wildman–Crippen LogP) is 3.68. The maximum absolute atomic E-state index is 4.26. The molecular weight excluding hydrogens is 369 g/mol. The minimum atomic E-state index is 0.570. The van der Waals surface area contributed by atoms with Crippen LogP contribution in [0.5, 0.6) is 0 Å². The zero-order valence-electron chi connectivity index (χ0n) is 10.8. The molecule has 0 fully saturated rings. The second-order valence-electron chi connectivity index (χ2n) is 4.97. The van der Waals surface area contributed by atoms with Gasteiger partial charge in [-0.2, -0.15) is 0 Å². The molecule has 3 rings (SSSR count). The van der Waals surface area contributed by atoms with Gasteiger partial charge in [-0.1, -0.05) is 0 Å². The van der Waals surface area contributed by atoms with Crippen LogP contribution in [0.2, 0.25) is 0 Å². The molecule has 3 nitrogen and oxygen atoms in total. The highest BCUT2D eigenvalue weighted by Crippen LogP contribution is 2.36. The summed E-state index contributed by atoms with van der Waals surface area (Å²) in [6.45, 7) is 1.07. The first-order valence-electron chi connectivity index (χ1n) is 6.82. The number of aryl methyl sites for hydroxylation is 2. The fourth-order valence-corrected chi connectivity index (χ4v) is 4.82. The van der Waals surface area contributed by atoms with Crippen molar-refractivity contribution in [2.45, 2.75) is 38.1 Å². The number of hydrogen-bond donors (Lipinski definition) is 2. The predicted molar refractivity (Wildman–Crippen MR) is 87.6 cm³/mol. The molecule has 0 saturated carbocycles. The lowest BCUT2D eigenvalue weighted by Crippen LogP contribution is -2.25. The van der Waals surface area contributed by atoms with E-state index in [1.165, 1.54) is 22.1 Å². The largest absolute Gasteiger partial charge is 0.349 e. The number of aromatic nitrogens is 2. The van der Waals surface area contributed by atoms with Crippen molar-refractivity contribution in [3.8, 4) is 0 Å². The van der Waals surface area contributed by atoms with Gasteiger partial charge in [-0.3, -0.25) is 0 Å². The first kappa shape index (κ1) is 13.6. The third kappa shape index (κ3) is 3.38. The Balaban J connectivity index is 1.50. The van der Waals surface area contributed by atoms with E-state index in [1.54, 1.807) is 10.4 Å². The highest BCUT2D eigenvalue weighted by atomic mass is 127. The number of rotatable bonds is 5. The van der Waals surface area contributed by atoms with Crippen LogP contribution < -0.4 is 5.32 Å². The fourth-order valence-electron chi connectivity index (χ4n) is 2.70. The van der Waals surface area contributed by atoms with E-state index in [2.05, 4.69) is 43.9 Å². The van der Waals surface area contributed by atoms with Crippen LogP contribution in [-0.4, -0.2) is 16.5 Å². The summed E-state index contributed by atoms with van der Waals surface area (Å²) in [7, 11) is 0. The molecule has 5 heteroatoms. The summed E-state index contributed by atoms with van der Waals surface area (Å²) in [6.07, 6.45) is 9.75. The molecule has 0 bridgehead atoms. The first-order chi connectivity index (χ1) is 9.33. The van der Waals surface area contributed by atoms with Gasteiger partial charge in [0.25, 0.3) is 0 Å². The third-order valence-corrected chi connectivity index (χ3v) is 5.59. The number of aromatic amines is 1. The summed E-state index contributed by atoms with van der Waals surface area (Å²) in [6, 6.07) is 2.93. The fraction of sp³-hybridized carbons (Fsp3) is 0.500. The van der Waals surface area contributed by atoms with Crippen LogP contribution in [0, 0.1) is 2.88 Å². The molecule has 0 spiro atoms. The molecule has 2 aromatic heterocycles. The lowest BCUT2D eigenvalue weighted by molar-refractivity contribution is 0.458. The average Bonchev–Trinajstić information content (AvgIpc) is 3.02. The van der Waals surface area contributed by atoms with Crippen molar-refractivity contribution in [2.24, 2.45) is 0 Å². The molecular formula is C14H18IN3S. The normalized spacial score (nSPS) is 18.5. The van der Waals surface area contributed by atoms with Crippen molar-refractivity contribution in [3.63, 3.8) is 0 Å². The molecule has 2 aromatic rings. The van der Waals surface area contributed by atoms with E-state index >= 15 is 0 Å². The highest BCUT2D eigenvalue weighted by molar-refractivity contribution is 14.1. The summed E-state index contributed by atoms with van der Waals surface area (Å²) < 4.78 is 1.42. The van der Waals surface area contributed by atoms with Crippen molar-refractivity contribution < 1.29 is 0 Å². The van der Waals surface area contributed by atoms with Gasteiger partial charge in [-0.15, -0.1) is 11.3 Å². The van der Waals surface area contributed by atoms with Gasteiger partial charge in [0, 0.05) is 29.7 Å². The topological polar surface area (TPSA) is 40.7 Å². The molecule has 0 aromatic carbocycles. The van der Waals surface area contributed by atoms with Crippen LogP contribution in [0.3, 0.4) is 0 Å². The third-order valence-electron chi connectivity index (χ3n) is 3.62. The van der Waals surface area contributed by atoms with Crippen molar-refractivity contribution in [3.05, 3.63) is 37.6 Å². The van der Waals surface area contributed by atoms with Crippen molar-refractivity contribution >= 4 is 33.9 Å². The van der Waals surface area contributed by atoms with Gasteiger partial charge in [-0.05, 0) is 66.4 Å². The maximum Gasteiger partial charge on any atom is 0.106 e. The van der Waals surface area contributed by atoms with Crippen LogP contribution in [0.15, 0.2) is 18.5 Å². The minimum Gasteiger partial charge on any atom is -0.349 e. The number of H-pyrrole nitrogens is 1. The van der Waals surface area contributed by atoms with Gasteiger partial charge in [-0.25, -0.2) is 4.98 Å². The van der Waals surface area contributed by atoms with E-state index in [-0.39, 0.29) is 0 Å². The number of imidazole rings is 1. The molecule has 1 atom stereocenters. The molecule has 2 N–H and O–H groups in total. The summed E-state index contributed by atoms with van der Waals surface area (Å²) >= 11 is 4.40. The van der Waals surface area contributed by atoms with Crippen LogP contribution in [0.1, 0.15) is 41.6 Å². The quantitative estimate of drug-likeness (QED) is 0.607. The second-order valence-corrected chi connectivity index (χ2v) is 8.00. The molecule has 0 saturated heterocycles. The van der Waals surface area contributed by atoms with Crippen LogP contribution >= 0.6 is 33.9 Å². The molecule has 0 aliphatic heterocycles. The number of nitrogens with zero attached hydrogens (tertiary/aromatic N) is 1. The first-order valence-corrected chi connectivity index (χ1v) is 8.72. The van der Waals surface area contributed by atoms with Crippen molar-refractivity contribution in [1.82, 2.24) is 15.3 Å². The maximum atomic E-state index is 4.26. The molecule has 102 valence electrons. The highest BCUT2D eigenvalue weighted by Gasteiger charge is 2.21. The van der Waals surface area contributed by atoms with Gasteiger partial charge < -0.3 is 10.3 Å². The molecule has 2 heterocycles. The lowest BCUT2D eigenvalue weighted by atomic mass is 9.94. The smallest absolute Gasteiger partial charge is 0.106 e. The molecule has 0 amide bonds. The second kappa shape index (κ2) is 6.37. The Kier molecular flexibility index (Phi) is 4.55. The zero-order chi connectivity index (χ0) is 13.1. The van der Waals surface area contributed by atoms with Crippen LogP contribution in [0.25, 0.3) is 0 Å². The molecule has 0 radical (unpaired) electrons. The van der Waals surface area contributed by atoms with E-state index in [0.717, 1.165) is 25.2 Å². The summed E-state index contributed by atoms with van der Waals surface area (Å²) in [5, 5.41) is 3.72. The number of fused-ring (bicyclic) bond motifs is 1. The minimum absolute atomic E-state index is 0.570. The van der Waals surface area contributed by atoms with Crippen LogP contribution in [0.4, 0.5) is 0 Å². The van der Waals surface area contributed by atoms with Gasteiger partial charge in [0.05, 0.1) is 2.88 Å². The number of nitrogens with one attached hydrogen (secondary N) is 2.